The lowest BCUT2D eigenvalue weighted by atomic mass is 9.84. The lowest BCUT2D eigenvalue weighted by molar-refractivity contribution is -0.159. The van der Waals surface area contributed by atoms with Crippen LogP contribution >= 0.6 is 0 Å². The highest BCUT2D eigenvalue weighted by Crippen LogP contribution is 2.28. The number of carbonyl (C=O) groups is 2. The molecule has 0 bridgehead atoms. The van der Waals surface area contributed by atoms with Gasteiger partial charge < -0.3 is 9.84 Å². The molecule has 0 heterocycles. The second kappa shape index (κ2) is 5.84. The number of ether oxygens (including phenoxy) is 1. The van der Waals surface area contributed by atoms with Crippen molar-refractivity contribution in [1.82, 2.24) is 0 Å². The van der Waals surface area contributed by atoms with Crippen molar-refractivity contribution in [3.05, 3.63) is 35.9 Å². The van der Waals surface area contributed by atoms with E-state index in [9.17, 15) is 19.8 Å². The van der Waals surface area contributed by atoms with E-state index in [-0.39, 0.29) is 0 Å². The van der Waals surface area contributed by atoms with Gasteiger partial charge in [-0.15, -0.1) is 0 Å². The molecule has 1 saturated carbocycles. The molecule has 0 spiro atoms. The molecule has 19 heavy (non-hydrogen) atoms. The van der Waals surface area contributed by atoms with E-state index in [0.29, 0.717) is 24.8 Å². The zero-order chi connectivity index (χ0) is 13.8. The molecule has 1 N–H and O–H groups in total. The van der Waals surface area contributed by atoms with Crippen LogP contribution in [-0.4, -0.2) is 29.3 Å². The molecule has 0 saturated heterocycles. The Morgan fingerprint density at radius 3 is 2.47 bits per heavy atom. The number of benzene rings is 1. The third-order valence-electron chi connectivity index (χ3n) is 3.37. The Labute approximate surface area is 110 Å². The monoisotopic (exact) mass is 263 g/mol. The highest BCUT2D eigenvalue weighted by atomic mass is 16.6. The number of carbonyl (C=O) groups excluding carboxylic acids is 2. The lowest BCUT2D eigenvalue weighted by Gasteiger charge is -2.31. The Balaban J connectivity index is 2.02. The fourth-order valence-electron chi connectivity index (χ4n) is 2.31. The van der Waals surface area contributed by atoms with Gasteiger partial charge >= 0.3 is 11.9 Å². The van der Waals surface area contributed by atoms with Gasteiger partial charge in [-0.1, -0.05) is 18.2 Å². The predicted molar refractivity (Wildman–Crippen MR) is 64.7 cm³/mol. The first-order valence-electron chi connectivity index (χ1n) is 6.24. The minimum Gasteiger partial charge on any atom is -0.456 e. The van der Waals surface area contributed by atoms with Crippen molar-refractivity contribution in [2.45, 2.75) is 31.5 Å². The molecule has 0 aliphatic heterocycles. The average molecular weight is 263 g/mol. The van der Waals surface area contributed by atoms with Gasteiger partial charge in [0, 0.05) is 0 Å². The summed E-state index contributed by atoms with van der Waals surface area (Å²) in [4.78, 5) is 22.7. The molecule has 1 aliphatic rings. The van der Waals surface area contributed by atoms with Crippen LogP contribution in [0.2, 0.25) is 0 Å². The molecule has 1 fully saturated rings. The largest absolute Gasteiger partial charge is 0.456 e. The summed E-state index contributed by atoms with van der Waals surface area (Å²) in [6.07, 6.45) is -0.592. The molecule has 5 nitrogen and oxygen atoms in total. The molecule has 1 aliphatic carbocycles. The van der Waals surface area contributed by atoms with Crippen LogP contribution in [0.15, 0.2) is 30.3 Å². The molecule has 101 valence electrons. The molecule has 1 aromatic carbocycles. The SMILES string of the molecule is [O]C(=O)C1CCCC(OC(=O)c2ccccc2)C1O. The zero-order valence-electron chi connectivity index (χ0n) is 10.3. The Bertz CT molecular complexity index is 456. The van der Waals surface area contributed by atoms with E-state index in [1.165, 1.54) is 0 Å². The molecule has 0 aromatic heterocycles. The summed E-state index contributed by atoms with van der Waals surface area (Å²) in [6.45, 7) is 0. The van der Waals surface area contributed by atoms with Crippen molar-refractivity contribution < 1.29 is 24.5 Å². The second-order valence-corrected chi connectivity index (χ2v) is 4.66. The lowest BCUT2D eigenvalue weighted by Crippen LogP contribution is -2.43. The van der Waals surface area contributed by atoms with E-state index in [4.69, 9.17) is 4.74 Å². The number of hydrogen-bond donors (Lipinski definition) is 1. The molecule has 3 unspecified atom stereocenters. The zero-order valence-corrected chi connectivity index (χ0v) is 10.3. The number of hydrogen-bond acceptors (Lipinski definition) is 4. The maximum Gasteiger partial charge on any atom is 0.361 e. The van der Waals surface area contributed by atoms with E-state index in [2.05, 4.69) is 0 Å². The van der Waals surface area contributed by atoms with Crippen molar-refractivity contribution in [3.63, 3.8) is 0 Å². The first-order valence-corrected chi connectivity index (χ1v) is 6.24. The first-order chi connectivity index (χ1) is 9.09. The highest BCUT2D eigenvalue weighted by molar-refractivity contribution is 5.89. The van der Waals surface area contributed by atoms with Gasteiger partial charge in [0.2, 0.25) is 0 Å². The molecular formula is C14H15O5. The van der Waals surface area contributed by atoms with Gasteiger partial charge in [-0.2, -0.15) is 0 Å². The van der Waals surface area contributed by atoms with Gasteiger partial charge in [-0.25, -0.2) is 14.7 Å². The van der Waals surface area contributed by atoms with Gasteiger partial charge in [-0.3, -0.25) is 0 Å². The summed E-state index contributed by atoms with van der Waals surface area (Å²) in [5.41, 5.74) is 0.380. The van der Waals surface area contributed by atoms with Crippen LogP contribution in [0.4, 0.5) is 0 Å². The average Bonchev–Trinajstić information content (AvgIpc) is 2.41. The van der Waals surface area contributed by atoms with Gasteiger partial charge in [0.1, 0.15) is 12.2 Å². The molecule has 5 heteroatoms. The van der Waals surface area contributed by atoms with Crippen LogP contribution in [0.5, 0.6) is 0 Å². The van der Waals surface area contributed by atoms with Crippen molar-refractivity contribution in [2.75, 3.05) is 0 Å². The van der Waals surface area contributed by atoms with Crippen molar-refractivity contribution in [3.8, 4) is 0 Å². The van der Waals surface area contributed by atoms with E-state index in [1.807, 2.05) is 0 Å². The summed E-state index contributed by atoms with van der Waals surface area (Å²) < 4.78 is 5.19. The predicted octanol–water partition coefficient (Wildman–Crippen LogP) is 1.33. The van der Waals surface area contributed by atoms with E-state index in [1.54, 1.807) is 30.3 Å². The standard InChI is InChI=1S/C14H15O5/c15-12-10(13(16)17)7-4-8-11(12)19-14(18)9-5-2-1-3-6-9/h1-3,5-6,10-12,15H,4,7-8H2. The van der Waals surface area contributed by atoms with E-state index >= 15 is 0 Å². The Kier molecular flexibility index (Phi) is 4.16. The smallest absolute Gasteiger partial charge is 0.361 e. The molecule has 2 rings (SSSR count). The van der Waals surface area contributed by atoms with Crippen molar-refractivity contribution >= 4 is 11.9 Å². The normalized spacial score (nSPS) is 26.7. The van der Waals surface area contributed by atoms with Crippen molar-refractivity contribution in [2.24, 2.45) is 5.92 Å². The highest BCUT2D eigenvalue weighted by Gasteiger charge is 2.39. The van der Waals surface area contributed by atoms with E-state index < -0.39 is 30.1 Å². The van der Waals surface area contributed by atoms with Crippen LogP contribution in [-0.2, 0) is 14.6 Å². The van der Waals surface area contributed by atoms with Crippen LogP contribution in [0.3, 0.4) is 0 Å². The van der Waals surface area contributed by atoms with Gasteiger partial charge in [0.25, 0.3) is 0 Å². The third kappa shape index (κ3) is 3.12. The minimum atomic E-state index is -1.30. The first kappa shape index (κ1) is 13.5. The van der Waals surface area contributed by atoms with Gasteiger partial charge in [0.05, 0.1) is 11.5 Å². The van der Waals surface area contributed by atoms with E-state index in [0.717, 1.165) is 0 Å². The molecule has 0 amide bonds. The summed E-state index contributed by atoms with van der Waals surface area (Å²) in [5, 5.41) is 20.8. The number of aliphatic hydroxyl groups is 1. The Morgan fingerprint density at radius 2 is 1.84 bits per heavy atom. The van der Waals surface area contributed by atoms with Crippen molar-refractivity contribution in [1.29, 1.82) is 0 Å². The number of esters is 1. The number of rotatable bonds is 3. The summed E-state index contributed by atoms with van der Waals surface area (Å²) in [7, 11) is 0. The fraction of sp³-hybridized carbons (Fsp3) is 0.429. The Morgan fingerprint density at radius 1 is 1.16 bits per heavy atom. The van der Waals surface area contributed by atoms with Crippen LogP contribution in [0.1, 0.15) is 29.6 Å². The van der Waals surface area contributed by atoms with Crippen LogP contribution in [0.25, 0.3) is 0 Å². The maximum atomic E-state index is 11.8. The van der Waals surface area contributed by atoms with Crippen LogP contribution in [0, 0.1) is 5.92 Å². The summed E-state index contributed by atoms with van der Waals surface area (Å²) in [6, 6.07) is 8.40. The molecular weight excluding hydrogens is 248 g/mol. The fourth-order valence-corrected chi connectivity index (χ4v) is 2.31. The molecule has 1 aromatic rings. The summed E-state index contributed by atoms with van der Waals surface area (Å²) >= 11 is 0. The maximum absolute atomic E-state index is 11.8. The van der Waals surface area contributed by atoms with Gasteiger partial charge in [0.15, 0.2) is 0 Å². The molecule has 1 radical (unpaired) electrons. The molecule has 3 atom stereocenters. The quantitative estimate of drug-likeness (QED) is 0.834. The third-order valence-corrected chi connectivity index (χ3v) is 3.37. The number of aliphatic hydroxyl groups excluding tert-OH is 1. The van der Waals surface area contributed by atoms with Crippen LogP contribution < -0.4 is 0 Å². The minimum absolute atomic E-state index is 0.350. The topological polar surface area (TPSA) is 83.5 Å². The second-order valence-electron chi connectivity index (χ2n) is 4.66. The van der Waals surface area contributed by atoms with Gasteiger partial charge in [-0.05, 0) is 31.4 Å². The summed E-state index contributed by atoms with van der Waals surface area (Å²) in [5.74, 6) is -2.82. The Hall–Kier alpha value is -1.88.